The molecule has 4 heterocycles. The molecule has 1 aromatic carbocycles. The Kier molecular flexibility index (Phi) is 9.42. The SMILES string of the molecule is Cc1c(-c2cc3cc(Nc4cc5n(n4)CS(=O)(=O)N(C(C)C)C5)ncc3c(Cl)c2F)cncc1N(C(=O)OC(C)(C)C)C(=O)OC(C)(C)C. The highest BCUT2D eigenvalue weighted by Crippen LogP contribution is 2.39. The molecule has 1 aliphatic heterocycles. The molecule has 49 heavy (non-hydrogen) atoms. The van der Waals surface area contributed by atoms with Gasteiger partial charge in [0, 0.05) is 41.0 Å². The zero-order valence-corrected chi connectivity index (χ0v) is 30.3. The van der Waals surface area contributed by atoms with Crippen LogP contribution in [0.25, 0.3) is 21.9 Å². The first kappa shape index (κ1) is 36.0. The number of carbonyl (C=O) groups excluding carboxylic acids is 2. The van der Waals surface area contributed by atoms with Gasteiger partial charge in [0.25, 0.3) is 0 Å². The molecule has 16 heteroatoms. The van der Waals surface area contributed by atoms with Crippen molar-refractivity contribution < 1.29 is 31.9 Å². The maximum absolute atomic E-state index is 16.0. The minimum Gasteiger partial charge on any atom is -0.443 e. The highest BCUT2D eigenvalue weighted by atomic mass is 35.5. The van der Waals surface area contributed by atoms with Gasteiger partial charge in [-0.2, -0.15) is 14.3 Å². The molecule has 0 aliphatic carbocycles. The molecule has 0 fully saturated rings. The molecule has 0 saturated carbocycles. The number of imide groups is 1. The van der Waals surface area contributed by atoms with Gasteiger partial charge in [-0.15, -0.1) is 0 Å². The molecule has 0 bridgehead atoms. The van der Waals surface area contributed by atoms with E-state index in [2.05, 4.69) is 20.4 Å². The van der Waals surface area contributed by atoms with E-state index in [0.717, 1.165) is 4.90 Å². The summed E-state index contributed by atoms with van der Waals surface area (Å²) in [6.45, 7) is 15.4. The van der Waals surface area contributed by atoms with Crippen LogP contribution >= 0.6 is 11.6 Å². The first-order chi connectivity index (χ1) is 22.6. The average molecular weight is 716 g/mol. The summed E-state index contributed by atoms with van der Waals surface area (Å²) < 4.78 is 55.3. The summed E-state index contributed by atoms with van der Waals surface area (Å²) in [5.41, 5.74) is -0.454. The Labute approximate surface area is 289 Å². The number of ether oxygens (including phenoxy) is 2. The van der Waals surface area contributed by atoms with Crippen molar-refractivity contribution in [2.75, 3.05) is 10.2 Å². The van der Waals surface area contributed by atoms with E-state index in [4.69, 9.17) is 21.1 Å². The molecule has 0 radical (unpaired) electrons. The molecule has 262 valence electrons. The normalized spacial score (nSPS) is 14.9. The van der Waals surface area contributed by atoms with Gasteiger partial charge in [0.1, 0.15) is 22.8 Å². The minimum atomic E-state index is -3.52. The Morgan fingerprint density at radius 3 is 2.20 bits per heavy atom. The Morgan fingerprint density at radius 1 is 0.980 bits per heavy atom. The molecule has 0 spiro atoms. The summed E-state index contributed by atoms with van der Waals surface area (Å²) in [4.78, 5) is 36.0. The van der Waals surface area contributed by atoms with Gasteiger partial charge >= 0.3 is 12.2 Å². The first-order valence-corrected chi connectivity index (χ1v) is 17.5. The maximum Gasteiger partial charge on any atom is 0.424 e. The van der Waals surface area contributed by atoms with E-state index in [1.54, 1.807) is 66.7 Å². The third-order valence-electron chi connectivity index (χ3n) is 7.43. The molecule has 2 amide bonds. The van der Waals surface area contributed by atoms with Gasteiger partial charge < -0.3 is 14.8 Å². The number of nitrogens with zero attached hydrogens (tertiary/aromatic N) is 6. The van der Waals surface area contributed by atoms with Crippen molar-refractivity contribution in [1.29, 1.82) is 0 Å². The Bertz CT molecular complexity index is 2040. The van der Waals surface area contributed by atoms with E-state index in [9.17, 15) is 18.0 Å². The van der Waals surface area contributed by atoms with E-state index >= 15 is 4.39 Å². The van der Waals surface area contributed by atoms with Crippen LogP contribution < -0.4 is 10.2 Å². The highest BCUT2D eigenvalue weighted by Gasteiger charge is 2.35. The molecule has 0 atom stereocenters. The molecule has 4 aromatic rings. The van der Waals surface area contributed by atoms with E-state index in [1.165, 1.54) is 27.6 Å². The van der Waals surface area contributed by atoms with Crippen LogP contribution in [0.3, 0.4) is 0 Å². The number of sulfonamides is 1. The van der Waals surface area contributed by atoms with Crippen LogP contribution in [0, 0.1) is 12.7 Å². The molecule has 13 nitrogen and oxygen atoms in total. The number of pyridine rings is 2. The van der Waals surface area contributed by atoms with Crippen molar-refractivity contribution in [3.05, 3.63) is 58.9 Å². The molecule has 3 aromatic heterocycles. The molecular weight excluding hydrogens is 677 g/mol. The standard InChI is InChI=1S/C33H39ClFN7O6S/c1-18(2)41-16-21-12-27(39-40(21)17-49(41,45)46)38-26-11-20-10-22(29(35)28(34)24(20)14-37-26)23-13-36-15-25(19(23)3)42(30(43)47-32(4,5)6)31(44)48-33(7,8)9/h10-15,18H,16-17H2,1-9H3,(H,37,38,39). The fourth-order valence-electron chi connectivity index (χ4n) is 5.27. The zero-order chi connectivity index (χ0) is 36.2. The smallest absolute Gasteiger partial charge is 0.424 e. The van der Waals surface area contributed by atoms with Crippen molar-refractivity contribution >= 4 is 61.9 Å². The second-order valence-corrected chi connectivity index (χ2v) is 16.3. The monoisotopic (exact) mass is 715 g/mol. The third-order valence-corrected chi connectivity index (χ3v) is 9.64. The molecule has 1 aliphatic rings. The fourth-order valence-corrected chi connectivity index (χ4v) is 7.18. The van der Waals surface area contributed by atoms with Gasteiger partial charge in [0.05, 0.1) is 29.1 Å². The fraction of sp³-hybridized carbons (Fsp3) is 0.424. The Hall–Kier alpha value is -4.34. The van der Waals surface area contributed by atoms with Crippen LogP contribution in [-0.4, -0.2) is 61.9 Å². The van der Waals surface area contributed by atoms with Crippen LogP contribution in [0.5, 0.6) is 0 Å². The number of hydrogen-bond donors (Lipinski definition) is 1. The van der Waals surface area contributed by atoms with Crippen molar-refractivity contribution in [3.63, 3.8) is 0 Å². The summed E-state index contributed by atoms with van der Waals surface area (Å²) >= 11 is 6.54. The first-order valence-electron chi connectivity index (χ1n) is 15.5. The predicted molar refractivity (Wildman–Crippen MR) is 185 cm³/mol. The lowest BCUT2D eigenvalue weighted by Crippen LogP contribution is -2.44. The second-order valence-electron chi connectivity index (χ2n) is 14.0. The summed E-state index contributed by atoms with van der Waals surface area (Å²) in [5.74, 6) is -0.299. The van der Waals surface area contributed by atoms with Crippen molar-refractivity contribution in [3.8, 4) is 11.1 Å². The van der Waals surface area contributed by atoms with Crippen LogP contribution in [0.4, 0.5) is 31.3 Å². The summed E-state index contributed by atoms with van der Waals surface area (Å²) in [6.07, 6.45) is 2.15. The Balaban J connectivity index is 1.54. The van der Waals surface area contributed by atoms with Crippen LogP contribution in [0.2, 0.25) is 5.02 Å². The predicted octanol–water partition coefficient (Wildman–Crippen LogP) is 7.53. The largest absolute Gasteiger partial charge is 0.443 e. The van der Waals surface area contributed by atoms with E-state index in [0.29, 0.717) is 33.7 Å². The molecule has 0 unspecified atom stereocenters. The second kappa shape index (κ2) is 12.8. The van der Waals surface area contributed by atoms with E-state index in [1.807, 2.05) is 13.8 Å². The number of anilines is 3. The lowest BCUT2D eigenvalue weighted by atomic mass is 9.98. The van der Waals surface area contributed by atoms with Crippen molar-refractivity contribution in [1.82, 2.24) is 24.1 Å². The highest BCUT2D eigenvalue weighted by molar-refractivity contribution is 7.88. The van der Waals surface area contributed by atoms with Crippen LogP contribution in [0.1, 0.15) is 66.6 Å². The van der Waals surface area contributed by atoms with Gasteiger partial charge in [0.2, 0.25) is 10.0 Å². The number of nitrogens with one attached hydrogen (secondary N) is 1. The van der Waals surface area contributed by atoms with Crippen molar-refractivity contribution in [2.45, 2.75) is 92.0 Å². The molecule has 5 rings (SSSR count). The number of hydrogen-bond acceptors (Lipinski definition) is 10. The van der Waals surface area contributed by atoms with Gasteiger partial charge in [0.15, 0.2) is 11.7 Å². The molecule has 0 saturated heterocycles. The number of aromatic nitrogens is 4. The quantitative estimate of drug-likeness (QED) is 0.220. The van der Waals surface area contributed by atoms with E-state index < -0.39 is 39.2 Å². The number of fused-ring (bicyclic) bond motifs is 2. The summed E-state index contributed by atoms with van der Waals surface area (Å²) in [7, 11) is -3.52. The number of halogens is 2. The summed E-state index contributed by atoms with van der Waals surface area (Å²) in [5, 5.41) is 8.16. The lowest BCUT2D eigenvalue weighted by molar-refractivity contribution is 0.0430. The van der Waals surface area contributed by atoms with E-state index in [-0.39, 0.29) is 40.3 Å². The van der Waals surface area contributed by atoms with Gasteiger partial charge in [-0.05, 0) is 85.4 Å². The number of amides is 2. The Morgan fingerprint density at radius 2 is 1.61 bits per heavy atom. The van der Waals surface area contributed by atoms with Crippen LogP contribution in [0.15, 0.2) is 36.8 Å². The number of benzene rings is 1. The molecule has 1 N–H and O–H groups in total. The average Bonchev–Trinajstić information content (AvgIpc) is 3.33. The lowest BCUT2D eigenvalue weighted by Gasteiger charge is -2.29. The third kappa shape index (κ3) is 7.63. The molecular formula is C33H39ClFN7O6S. The van der Waals surface area contributed by atoms with Gasteiger partial charge in [-0.1, -0.05) is 11.6 Å². The topological polar surface area (TPSA) is 149 Å². The summed E-state index contributed by atoms with van der Waals surface area (Å²) in [6, 6.07) is 4.76. The zero-order valence-electron chi connectivity index (χ0n) is 28.8. The van der Waals surface area contributed by atoms with Gasteiger partial charge in [-0.3, -0.25) is 4.98 Å². The number of carbonyl (C=O) groups is 2. The number of rotatable bonds is 5. The van der Waals surface area contributed by atoms with Gasteiger partial charge in [-0.25, -0.2) is 32.1 Å². The van der Waals surface area contributed by atoms with Crippen LogP contribution in [-0.2, 0) is 31.9 Å². The maximum atomic E-state index is 16.0. The van der Waals surface area contributed by atoms with Crippen molar-refractivity contribution in [2.24, 2.45) is 0 Å². The minimum absolute atomic E-state index is 0.0375.